The lowest BCUT2D eigenvalue weighted by atomic mass is 10.2. The number of hydrogen-bond donors (Lipinski definition) is 0. The van der Waals surface area contributed by atoms with Gasteiger partial charge in [0.1, 0.15) is 17.2 Å². The molecular weight excluding hydrogens is 290 g/mol. The Bertz CT molecular complexity index is 803. The first-order chi connectivity index (χ1) is 10.2. The minimum Gasteiger partial charge on any atom is -0.354 e. The highest BCUT2D eigenvalue weighted by atomic mass is 35.5. The summed E-state index contributed by atoms with van der Waals surface area (Å²) in [5.41, 5.74) is 2.25. The van der Waals surface area contributed by atoms with Crippen LogP contribution in [0.5, 0.6) is 0 Å². The molecule has 0 bridgehead atoms. The molecule has 1 aliphatic carbocycles. The van der Waals surface area contributed by atoms with E-state index in [0.717, 1.165) is 29.6 Å². The van der Waals surface area contributed by atoms with Crippen molar-refractivity contribution in [3.63, 3.8) is 0 Å². The van der Waals surface area contributed by atoms with Crippen LogP contribution in [0.25, 0.3) is 22.5 Å². The Balaban J connectivity index is 1.97. The molecule has 0 atom stereocenters. The molecule has 0 spiro atoms. The van der Waals surface area contributed by atoms with Gasteiger partial charge >= 0.3 is 0 Å². The van der Waals surface area contributed by atoms with Crippen LogP contribution < -0.4 is 0 Å². The fourth-order valence-electron chi connectivity index (χ4n) is 2.99. The second kappa shape index (κ2) is 4.80. The predicted octanol–water partition coefficient (Wildman–Crippen LogP) is 3.56. The molecule has 3 aromatic heterocycles. The van der Waals surface area contributed by atoms with Gasteiger partial charge in [-0.25, -0.2) is 14.6 Å². The summed E-state index contributed by atoms with van der Waals surface area (Å²) >= 11 is 6.27. The number of hydrogen-bond acceptors (Lipinski definition) is 5. The first-order valence-electron chi connectivity index (χ1n) is 7.06. The fourth-order valence-corrected chi connectivity index (χ4v) is 3.21. The van der Waals surface area contributed by atoms with Crippen molar-refractivity contribution in [3.8, 4) is 11.5 Å². The van der Waals surface area contributed by atoms with Crippen molar-refractivity contribution in [2.75, 3.05) is 0 Å². The van der Waals surface area contributed by atoms with Gasteiger partial charge < -0.3 is 4.52 Å². The normalized spacial score (nSPS) is 16.1. The lowest BCUT2D eigenvalue weighted by molar-refractivity contribution is 0.423. The van der Waals surface area contributed by atoms with Crippen LogP contribution in [-0.2, 0) is 0 Å². The number of aromatic nitrogens is 5. The zero-order chi connectivity index (χ0) is 14.4. The molecule has 1 aliphatic rings. The van der Waals surface area contributed by atoms with Gasteiger partial charge in [-0.05, 0) is 19.8 Å². The number of fused-ring (bicyclic) bond motifs is 1. The SMILES string of the molecule is Cc1cc(-c2nn(C3CCCC3)c3ncnc(Cl)c23)on1. The number of rotatable bonds is 2. The maximum absolute atomic E-state index is 6.27. The van der Waals surface area contributed by atoms with Crippen molar-refractivity contribution in [1.82, 2.24) is 24.9 Å². The molecule has 3 aromatic rings. The largest absolute Gasteiger partial charge is 0.354 e. The Morgan fingerprint density at radius 1 is 1.29 bits per heavy atom. The van der Waals surface area contributed by atoms with Gasteiger partial charge in [0, 0.05) is 6.07 Å². The molecule has 108 valence electrons. The van der Waals surface area contributed by atoms with E-state index in [4.69, 9.17) is 21.2 Å². The Hall–Kier alpha value is -1.95. The average Bonchev–Trinajstić information content (AvgIpc) is 3.16. The van der Waals surface area contributed by atoms with Gasteiger partial charge in [0.25, 0.3) is 0 Å². The Morgan fingerprint density at radius 3 is 2.81 bits per heavy atom. The van der Waals surface area contributed by atoms with Crippen LogP contribution in [0.4, 0.5) is 0 Å². The van der Waals surface area contributed by atoms with Crippen molar-refractivity contribution in [3.05, 3.63) is 23.2 Å². The van der Waals surface area contributed by atoms with Crippen molar-refractivity contribution in [2.45, 2.75) is 38.6 Å². The minimum absolute atomic E-state index is 0.372. The first kappa shape index (κ1) is 12.8. The second-order valence-electron chi connectivity index (χ2n) is 5.43. The van der Waals surface area contributed by atoms with E-state index in [9.17, 15) is 0 Å². The van der Waals surface area contributed by atoms with E-state index in [2.05, 4.69) is 15.1 Å². The van der Waals surface area contributed by atoms with E-state index in [0.29, 0.717) is 22.6 Å². The van der Waals surface area contributed by atoms with Crippen molar-refractivity contribution < 1.29 is 4.52 Å². The van der Waals surface area contributed by atoms with Crippen LogP contribution in [0.15, 0.2) is 16.9 Å². The molecule has 0 aromatic carbocycles. The number of nitrogens with zero attached hydrogens (tertiary/aromatic N) is 5. The lowest BCUT2D eigenvalue weighted by Crippen LogP contribution is -2.07. The van der Waals surface area contributed by atoms with Gasteiger partial charge in [-0.15, -0.1) is 0 Å². The van der Waals surface area contributed by atoms with Crippen LogP contribution in [0.2, 0.25) is 5.15 Å². The molecule has 0 aliphatic heterocycles. The molecule has 3 heterocycles. The van der Waals surface area contributed by atoms with E-state index in [1.54, 1.807) is 0 Å². The smallest absolute Gasteiger partial charge is 0.188 e. The van der Waals surface area contributed by atoms with Crippen molar-refractivity contribution >= 4 is 22.6 Å². The molecule has 0 N–H and O–H groups in total. The molecular formula is C14H14ClN5O. The molecule has 21 heavy (non-hydrogen) atoms. The van der Waals surface area contributed by atoms with E-state index < -0.39 is 0 Å². The van der Waals surface area contributed by atoms with E-state index in [-0.39, 0.29) is 0 Å². The zero-order valence-corrected chi connectivity index (χ0v) is 12.3. The quantitative estimate of drug-likeness (QED) is 0.677. The molecule has 0 radical (unpaired) electrons. The minimum atomic E-state index is 0.372. The van der Waals surface area contributed by atoms with E-state index in [1.165, 1.54) is 19.2 Å². The topological polar surface area (TPSA) is 69.6 Å². The summed E-state index contributed by atoms with van der Waals surface area (Å²) in [7, 11) is 0. The Morgan fingerprint density at radius 2 is 2.10 bits per heavy atom. The number of halogens is 1. The van der Waals surface area contributed by atoms with E-state index in [1.807, 2.05) is 17.7 Å². The van der Waals surface area contributed by atoms with Crippen LogP contribution in [0.1, 0.15) is 37.4 Å². The molecule has 4 rings (SSSR count). The Kier molecular flexibility index (Phi) is 2.92. The van der Waals surface area contributed by atoms with Crippen LogP contribution in [0.3, 0.4) is 0 Å². The summed E-state index contributed by atoms with van der Waals surface area (Å²) in [5.74, 6) is 0.603. The summed E-state index contributed by atoms with van der Waals surface area (Å²) in [6.07, 6.45) is 6.16. The highest BCUT2D eigenvalue weighted by Gasteiger charge is 2.25. The summed E-state index contributed by atoms with van der Waals surface area (Å²) in [4.78, 5) is 8.46. The standard InChI is InChI=1S/C14H14ClN5O/c1-8-6-10(21-19-8)12-11-13(15)16-7-17-14(11)20(18-12)9-4-2-3-5-9/h6-7,9H,2-5H2,1H3. The highest BCUT2D eigenvalue weighted by molar-refractivity contribution is 6.34. The highest BCUT2D eigenvalue weighted by Crippen LogP contribution is 2.36. The zero-order valence-electron chi connectivity index (χ0n) is 11.6. The van der Waals surface area contributed by atoms with Gasteiger partial charge in [-0.1, -0.05) is 29.6 Å². The summed E-state index contributed by atoms with van der Waals surface area (Å²) in [6, 6.07) is 2.22. The summed E-state index contributed by atoms with van der Waals surface area (Å²) in [5, 5.41) is 9.77. The van der Waals surface area contributed by atoms with Crippen LogP contribution >= 0.6 is 11.6 Å². The van der Waals surface area contributed by atoms with Crippen LogP contribution in [-0.4, -0.2) is 24.9 Å². The van der Waals surface area contributed by atoms with Gasteiger partial charge in [-0.3, -0.25) is 0 Å². The molecule has 1 fully saturated rings. The average molecular weight is 304 g/mol. The van der Waals surface area contributed by atoms with Gasteiger partial charge in [-0.2, -0.15) is 5.10 Å². The van der Waals surface area contributed by atoms with Gasteiger partial charge in [0.15, 0.2) is 11.4 Å². The first-order valence-corrected chi connectivity index (χ1v) is 7.44. The van der Waals surface area contributed by atoms with Crippen molar-refractivity contribution in [2.24, 2.45) is 0 Å². The Labute approximate surface area is 126 Å². The summed E-state index contributed by atoms with van der Waals surface area (Å²) in [6.45, 7) is 1.88. The third kappa shape index (κ3) is 2.01. The fraction of sp³-hybridized carbons (Fsp3) is 0.429. The maximum Gasteiger partial charge on any atom is 0.188 e. The van der Waals surface area contributed by atoms with Crippen LogP contribution in [0, 0.1) is 6.92 Å². The van der Waals surface area contributed by atoms with Gasteiger partial charge in [0.05, 0.1) is 17.1 Å². The molecule has 1 saturated carbocycles. The number of aryl methyl sites for hydroxylation is 1. The van der Waals surface area contributed by atoms with Gasteiger partial charge in [0.2, 0.25) is 0 Å². The molecule has 0 amide bonds. The predicted molar refractivity (Wildman–Crippen MR) is 78.1 cm³/mol. The maximum atomic E-state index is 6.27. The lowest BCUT2D eigenvalue weighted by Gasteiger charge is -2.09. The van der Waals surface area contributed by atoms with E-state index >= 15 is 0 Å². The third-order valence-electron chi connectivity index (χ3n) is 3.97. The molecule has 7 heteroatoms. The van der Waals surface area contributed by atoms with Crippen molar-refractivity contribution in [1.29, 1.82) is 0 Å². The molecule has 0 saturated heterocycles. The third-order valence-corrected chi connectivity index (χ3v) is 4.26. The molecule has 6 nitrogen and oxygen atoms in total. The summed E-state index contributed by atoms with van der Waals surface area (Å²) < 4.78 is 7.32. The second-order valence-corrected chi connectivity index (χ2v) is 5.79. The monoisotopic (exact) mass is 303 g/mol. The molecule has 0 unspecified atom stereocenters.